The van der Waals surface area contributed by atoms with Crippen LogP contribution < -0.4 is 5.32 Å². The first-order chi connectivity index (χ1) is 8.55. The molecular formula is C11H13N3O4. The van der Waals surface area contributed by atoms with Gasteiger partial charge in [0.1, 0.15) is 6.33 Å². The molecule has 2 N–H and O–H groups in total. The van der Waals surface area contributed by atoms with E-state index < -0.39 is 17.4 Å². The normalized spacial score (nSPS) is 22.7. The summed E-state index contributed by atoms with van der Waals surface area (Å²) in [5.74, 6) is -1.59. The molecule has 1 saturated heterocycles. The fourth-order valence-corrected chi connectivity index (χ4v) is 1.78. The van der Waals surface area contributed by atoms with Crippen LogP contribution in [0.1, 0.15) is 22.5 Å². The van der Waals surface area contributed by atoms with Crippen molar-refractivity contribution in [3.8, 4) is 0 Å². The number of carbonyl (C=O) groups excluding carboxylic acids is 1. The molecule has 1 aromatic heterocycles. The number of ether oxygens (including phenoxy) is 1. The fraction of sp³-hybridized carbons (Fsp3) is 0.455. The van der Waals surface area contributed by atoms with Crippen LogP contribution in [0.2, 0.25) is 0 Å². The third-order valence-corrected chi connectivity index (χ3v) is 2.94. The van der Waals surface area contributed by atoms with Crippen LogP contribution in [-0.4, -0.2) is 45.7 Å². The van der Waals surface area contributed by atoms with Gasteiger partial charge in [0.05, 0.1) is 17.9 Å². The zero-order chi connectivity index (χ0) is 13.2. The average molecular weight is 251 g/mol. The number of amides is 1. The fourth-order valence-electron chi connectivity index (χ4n) is 1.78. The van der Waals surface area contributed by atoms with E-state index in [1.165, 1.54) is 12.5 Å². The lowest BCUT2D eigenvalue weighted by molar-refractivity contribution is -0.144. The predicted molar refractivity (Wildman–Crippen MR) is 60.0 cm³/mol. The van der Waals surface area contributed by atoms with Crippen molar-refractivity contribution in [1.82, 2.24) is 15.3 Å². The molecule has 0 saturated carbocycles. The van der Waals surface area contributed by atoms with E-state index in [1.807, 2.05) is 0 Å². The van der Waals surface area contributed by atoms with Crippen LogP contribution >= 0.6 is 0 Å². The summed E-state index contributed by atoms with van der Waals surface area (Å²) in [5, 5.41) is 11.7. The Balaban J connectivity index is 2.21. The van der Waals surface area contributed by atoms with Crippen molar-refractivity contribution < 1.29 is 19.4 Å². The third kappa shape index (κ3) is 2.17. The molecule has 2 rings (SSSR count). The summed E-state index contributed by atoms with van der Waals surface area (Å²) < 4.78 is 5.06. The number of nitrogens with zero attached hydrogens (tertiary/aromatic N) is 2. The number of aromatic nitrogens is 2. The highest BCUT2D eigenvalue weighted by Crippen LogP contribution is 2.20. The van der Waals surface area contributed by atoms with Crippen molar-refractivity contribution in [3.05, 3.63) is 23.8 Å². The van der Waals surface area contributed by atoms with E-state index in [4.69, 9.17) is 4.74 Å². The molecule has 2 heterocycles. The van der Waals surface area contributed by atoms with Gasteiger partial charge >= 0.3 is 5.97 Å². The number of aryl methyl sites for hydroxylation is 1. The lowest BCUT2D eigenvalue weighted by Crippen LogP contribution is -2.55. The van der Waals surface area contributed by atoms with Gasteiger partial charge < -0.3 is 15.2 Å². The smallest absolute Gasteiger partial charge is 0.331 e. The second-order valence-electron chi connectivity index (χ2n) is 4.17. The second-order valence-corrected chi connectivity index (χ2v) is 4.17. The first kappa shape index (κ1) is 12.4. The summed E-state index contributed by atoms with van der Waals surface area (Å²) in [5.41, 5.74) is -0.578. The van der Waals surface area contributed by atoms with Crippen molar-refractivity contribution in [2.45, 2.75) is 18.9 Å². The summed E-state index contributed by atoms with van der Waals surface area (Å²) in [6.45, 7) is 1.95. The Bertz CT molecular complexity index is 483. The van der Waals surface area contributed by atoms with Crippen LogP contribution in [0.4, 0.5) is 0 Å². The molecule has 1 fully saturated rings. The monoisotopic (exact) mass is 251 g/mol. The highest BCUT2D eigenvalue weighted by molar-refractivity contribution is 5.98. The molecule has 96 valence electrons. The standard InChI is InChI=1S/C11H13N3O4/c1-7-8(4-12-6-13-7)9(15)14-11(10(16)17)2-3-18-5-11/h4,6H,2-3,5H2,1H3,(H,14,15)(H,16,17). The Labute approximate surface area is 103 Å². The van der Waals surface area contributed by atoms with Crippen molar-refractivity contribution in [2.24, 2.45) is 0 Å². The second kappa shape index (κ2) is 4.69. The molecule has 1 aliphatic rings. The van der Waals surface area contributed by atoms with Crippen LogP contribution in [0.5, 0.6) is 0 Å². The lowest BCUT2D eigenvalue weighted by atomic mass is 9.98. The summed E-state index contributed by atoms with van der Waals surface area (Å²) in [4.78, 5) is 30.9. The van der Waals surface area contributed by atoms with Gasteiger partial charge in [-0.1, -0.05) is 0 Å². The summed E-state index contributed by atoms with van der Waals surface area (Å²) >= 11 is 0. The van der Waals surface area contributed by atoms with E-state index in [0.29, 0.717) is 12.3 Å². The number of carbonyl (C=O) groups is 2. The maximum Gasteiger partial charge on any atom is 0.331 e. The van der Waals surface area contributed by atoms with Gasteiger partial charge in [-0.25, -0.2) is 14.8 Å². The van der Waals surface area contributed by atoms with E-state index in [0.717, 1.165) is 0 Å². The number of hydrogen-bond donors (Lipinski definition) is 2. The lowest BCUT2D eigenvalue weighted by Gasteiger charge is -2.23. The largest absolute Gasteiger partial charge is 0.479 e. The maximum absolute atomic E-state index is 12.0. The first-order valence-corrected chi connectivity index (χ1v) is 5.45. The van der Waals surface area contributed by atoms with Crippen LogP contribution in [0.3, 0.4) is 0 Å². The Hall–Kier alpha value is -2.02. The summed E-state index contributed by atoms with van der Waals surface area (Å²) in [7, 11) is 0. The Morgan fingerprint density at radius 3 is 2.89 bits per heavy atom. The van der Waals surface area contributed by atoms with Crippen molar-refractivity contribution in [2.75, 3.05) is 13.2 Å². The SMILES string of the molecule is Cc1ncncc1C(=O)NC1(C(=O)O)CCOC1. The maximum atomic E-state index is 12.0. The van der Waals surface area contributed by atoms with Crippen molar-refractivity contribution in [1.29, 1.82) is 0 Å². The molecular weight excluding hydrogens is 238 g/mol. The minimum Gasteiger partial charge on any atom is -0.479 e. The molecule has 0 radical (unpaired) electrons. The minimum absolute atomic E-state index is 0.0270. The van der Waals surface area contributed by atoms with E-state index in [2.05, 4.69) is 15.3 Å². The van der Waals surface area contributed by atoms with E-state index >= 15 is 0 Å². The average Bonchev–Trinajstić information content (AvgIpc) is 2.79. The van der Waals surface area contributed by atoms with Gasteiger partial charge in [-0.15, -0.1) is 0 Å². The van der Waals surface area contributed by atoms with Crippen LogP contribution in [0, 0.1) is 6.92 Å². The molecule has 1 aliphatic heterocycles. The number of hydrogen-bond acceptors (Lipinski definition) is 5. The quantitative estimate of drug-likeness (QED) is 0.768. The molecule has 1 amide bonds. The van der Waals surface area contributed by atoms with Crippen LogP contribution in [0.25, 0.3) is 0 Å². The highest BCUT2D eigenvalue weighted by Gasteiger charge is 2.44. The van der Waals surface area contributed by atoms with Gasteiger partial charge in [0, 0.05) is 19.2 Å². The van der Waals surface area contributed by atoms with Crippen molar-refractivity contribution >= 4 is 11.9 Å². The van der Waals surface area contributed by atoms with E-state index in [1.54, 1.807) is 6.92 Å². The van der Waals surface area contributed by atoms with Gasteiger partial charge in [-0.2, -0.15) is 0 Å². The van der Waals surface area contributed by atoms with Crippen LogP contribution in [-0.2, 0) is 9.53 Å². The topological polar surface area (TPSA) is 101 Å². The zero-order valence-corrected chi connectivity index (χ0v) is 9.84. The number of nitrogens with one attached hydrogen (secondary N) is 1. The molecule has 7 heteroatoms. The Morgan fingerprint density at radius 1 is 1.56 bits per heavy atom. The zero-order valence-electron chi connectivity index (χ0n) is 9.84. The van der Waals surface area contributed by atoms with Gasteiger partial charge in [0.2, 0.25) is 0 Å². The number of rotatable bonds is 3. The summed E-state index contributed by atoms with van der Waals surface area (Å²) in [6, 6.07) is 0. The molecule has 1 aromatic rings. The molecule has 0 spiro atoms. The number of carboxylic acid groups (broad SMARTS) is 1. The molecule has 1 unspecified atom stereocenters. The van der Waals surface area contributed by atoms with Crippen molar-refractivity contribution in [3.63, 3.8) is 0 Å². The van der Waals surface area contributed by atoms with Crippen LogP contribution in [0.15, 0.2) is 12.5 Å². The van der Waals surface area contributed by atoms with E-state index in [9.17, 15) is 14.7 Å². The first-order valence-electron chi connectivity index (χ1n) is 5.45. The minimum atomic E-state index is -1.35. The third-order valence-electron chi connectivity index (χ3n) is 2.94. The predicted octanol–water partition coefficient (Wildman–Crippen LogP) is -0.241. The van der Waals surface area contributed by atoms with Gasteiger partial charge in [0.15, 0.2) is 5.54 Å². The highest BCUT2D eigenvalue weighted by atomic mass is 16.5. The number of aliphatic carboxylic acids is 1. The van der Waals surface area contributed by atoms with E-state index in [-0.39, 0.29) is 18.6 Å². The van der Waals surface area contributed by atoms with Gasteiger partial charge in [-0.05, 0) is 6.92 Å². The molecule has 1 atom stereocenters. The Morgan fingerprint density at radius 2 is 2.33 bits per heavy atom. The number of carboxylic acids is 1. The molecule has 18 heavy (non-hydrogen) atoms. The molecule has 0 bridgehead atoms. The molecule has 0 aliphatic carbocycles. The summed E-state index contributed by atoms with van der Waals surface area (Å²) in [6.07, 6.45) is 2.95. The Kier molecular flexibility index (Phi) is 3.24. The molecule has 0 aromatic carbocycles. The van der Waals surface area contributed by atoms with Gasteiger partial charge in [0.25, 0.3) is 5.91 Å². The molecule has 7 nitrogen and oxygen atoms in total. The van der Waals surface area contributed by atoms with Gasteiger partial charge in [-0.3, -0.25) is 4.79 Å².